The summed E-state index contributed by atoms with van der Waals surface area (Å²) in [5.41, 5.74) is 34.2. The van der Waals surface area contributed by atoms with Crippen molar-refractivity contribution in [1.82, 2.24) is 24.9 Å². The van der Waals surface area contributed by atoms with Crippen LogP contribution in [0.5, 0.6) is 0 Å². The van der Waals surface area contributed by atoms with Crippen molar-refractivity contribution in [3.8, 4) is 56.3 Å². The first-order chi connectivity index (χ1) is 68.8. The Balaban J connectivity index is 0.000000132. The standard InChI is InChI=1S/3C24H27N2O.2C23H25N2O/c1-14(2)11-18-12-21(26(6)13-16(18)4)22-15(3)7-9-19-20-10-8-17(5)25-24(20)27-23(19)22;2*1-14(2)11-18-13-26(6)21(12-16(18)4)22-15(3)7-9-19-20-10-8-17(5)25-24(20)27-23(19)22;1-14(2)11-17-12-20(25(5)13-16(17)4)21-15(3)8-9-18-19-7-6-10-24-23(19)26-22(18)21;1-14(2)11-17-13-25(5)20(12-16(17)4)21-15(3)8-9-18-19-7-6-10-24-23(19)26-22(18)21/h3*7-10,12-14H,11H2,1-6H3;2*6-10,12-14H,11H2,1-5H3/q5*+1/i;1D3,11D2,14D;11D2;;1D3,11D2,14D. The molecule has 0 radical (unpaired) electrons. The molecule has 0 fully saturated rings. The number of fused-ring (bicyclic) bond motifs is 15. The molecule has 0 aliphatic heterocycles. The molecule has 2 atom stereocenters. The van der Waals surface area contributed by atoms with Gasteiger partial charge in [0.15, 0.2) is 58.9 Å². The molecule has 0 aliphatic rings. The summed E-state index contributed by atoms with van der Waals surface area (Å²) < 4.78 is 155. The Hall–Kier alpha value is -13.4. The van der Waals surface area contributed by atoms with Crippen LogP contribution >= 0.6 is 0 Å². The summed E-state index contributed by atoms with van der Waals surface area (Å²) in [7, 11) is 9.77. The summed E-state index contributed by atoms with van der Waals surface area (Å²) in [6.45, 7) is 35.7. The molecule has 20 aromatic rings. The van der Waals surface area contributed by atoms with Crippen LogP contribution in [0.25, 0.3) is 167 Å². The van der Waals surface area contributed by atoms with Gasteiger partial charge in [-0.05, 0) is 268 Å². The molecule has 0 bridgehead atoms. The van der Waals surface area contributed by atoms with Gasteiger partial charge in [-0.15, -0.1) is 0 Å². The van der Waals surface area contributed by atoms with Crippen LogP contribution in [0.4, 0.5) is 0 Å². The predicted octanol–water partition coefficient (Wildman–Crippen LogP) is 27.4. The zero-order chi connectivity index (χ0) is 107. The number of furan rings is 5. The summed E-state index contributed by atoms with van der Waals surface area (Å²) in [4.78, 5) is 22.4. The second-order valence-corrected chi connectivity index (χ2v) is 37.4. The molecule has 15 heteroatoms. The summed E-state index contributed by atoms with van der Waals surface area (Å²) in [6, 6.07) is 51.3. The highest BCUT2D eigenvalue weighted by Crippen LogP contribution is 2.44. The normalized spacial score (nSPS) is 14.7. The van der Waals surface area contributed by atoms with Crippen molar-refractivity contribution in [2.45, 2.75) is 191 Å². The SMILES string of the molecule is Cc1c[n+](C)c(-c2c(C)ccc3c2oc2ncccc23)cc1CC(C)C.Cc1ccc2c(n1)oc1c(-c3cc(CC(C)C)c(C)c[n+]3C)c(C)ccc12.[2H]C([2H])([2H])C([2H])(C)C([2H])([2H])c1c[n+](C)c(-c2c(C)ccc3c2oc2nc(C)ccc23)cc1C.[2H]C([2H])([2H])C([2H])(C)C([2H])([2H])c1c[n+](C)c(-c2c(C)ccc3c2oc2ncccc23)cc1C.[2H]C([2H])(c1c[n+](C)c(-c2c(C)ccc3c2oc2nc(C)ccc23)cc1C)C(C)C. The van der Waals surface area contributed by atoms with Gasteiger partial charge in [0.05, 0.1) is 27.8 Å². The largest absolute Gasteiger partial charge is 0.437 e. The van der Waals surface area contributed by atoms with E-state index < -0.39 is 44.6 Å². The van der Waals surface area contributed by atoms with E-state index in [1.165, 1.54) is 44.8 Å². The Morgan fingerprint density at radius 1 is 0.278 bits per heavy atom. The van der Waals surface area contributed by atoms with E-state index in [1.807, 2.05) is 152 Å². The minimum absolute atomic E-state index is 0.109. The van der Waals surface area contributed by atoms with E-state index in [0.717, 1.165) is 187 Å². The van der Waals surface area contributed by atoms with E-state index in [0.29, 0.717) is 62.7 Å². The second kappa shape index (κ2) is 38.1. The minimum atomic E-state index is -2.79. The van der Waals surface area contributed by atoms with Crippen LogP contribution in [0, 0.1) is 120 Å². The Kier molecular flexibility index (Phi) is 21.8. The summed E-state index contributed by atoms with van der Waals surface area (Å²) in [5, 5.41) is 10.2. The van der Waals surface area contributed by atoms with E-state index in [1.54, 1.807) is 61.9 Å². The molecule has 5 aromatic carbocycles. The Morgan fingerprint density at radius 2 is 0.534 bits per heavy atom. The summed E-state index contributed by atoms with van der Waals surface area (Å²) in [6.07, 6.45) is 8.99. The van der Waals surface area contributed by atoms with E-state index in [2.05, 4.69) is 196 Å². The average molecular weight is 1780 g/mol. The molecule has 20 rings (SSSR count). The zero-order valence-corrected chi connectivity index (χ0v) is 81.6. The molecule has 0 N–H and O–H groups in total. The molecule has 0 saturated carbocycles. The highest BCUT2D eigenvalue weighted by Gasteiger charge is 2.30. The Bertz CT molecular complexity index is 8610. The van der Waals surface area contributed by atoms with Crippen LogP contribution in [-0.4, -0.2) is 24.9 Å². The number of nitrogens with zero attached hydrogens (tertiary/aromatic N) is 10. The van der Waals surface area contributed by atoms with Crippen molar-refractivity contribution in [2.24, 2.45) is 64.8 Å². The number of benzene rings is 5. The minimum Gasteiger partial charge on any atom is -0.437 e. The predicted molar refractivity (Wildman–Crippen MR) is 545 cm³/mol. The van der Waals surface area contributed by atoms with Gasteiger partial charge in [-0.25, -0.2) is 47.8 Å². The maximum Gasteiger partial charge on any atom is 0.227 e. The smallest absolute Gasteiger partial charge is 0.227 e. The second-order valence-electron chi connectivity index (χ2n) is 37.4. The first-order valence-electron chi connectivity index (χ1n) is 52.8. The number of rotatable bonds is 15. The number of pyridine rings is 10. The fourth-order valence-electron chi connectivity index (χ4n) is 18.5. The highest BCUT2D eigenvalue weighted by atomic mass is 16.4. The van der Waals surface area contributed by atoms with Crippen LogP contribution in [0.1, 0.15) is 189 Å². The molecule has 678 valence electrons. The van der Waals surface area contributed by atoms with Crippen molar-refractivity contribution in [3.63, 3.8) is 0 Å². The lowest BCUT2D eigenvalue weighted by atomic mass is 9.95. The monoisotopic (exact) mass is 1780 g/mol. The van der Waals surface area contributed by atoms with E-state index >= 15 is 0 Å². The highest BCUT2D eigenvalue weighted by molar-refractivity contribution is 6.13. The number of hydrogen-bond donors (Lipinski definition) is 0. The number of aryl methyl sites for hydroxylation is 18. The Morgan fingerprint density at radius 3 is 0.812 bits per heavy atom. The zero-order valence-electron chi connectivity index (χ0n) is 95.6. The lowest BCUT2D eigenvalue weighted by Gasteiger charge is -2.11. The van der Waals surface area contributed by atoms with Crippen LogP contribution < -0.4 is 22.8 Å². The van der Waals surface area contributed by atoms with E-state index in [9.17, 15) is 0 Å². The quantitative estimate of drug-likeness (QED) is 0.0908. The van der Waals surface area contributed by atoms with E-state index in [4.69, 9.17) is 41.3 Å². The number of aromatic nitrogens is 10. The molecule has 15 heterocycles. The van der Waals surface area contributed by atoms with Gasteiger partial charge in [0.25, 0.3) is 0 Å². The summed E-state index contributed by atoms with van der Waals surface area (Å²) >= 11 is 0. The van der Waals surface area contributed by atoms with Crippen molar-refractivity contribution in [3.05, 3.63) is 296 Å². The molecule has 0 amide bonds. The van der Waals surface area contributed by atoms with Crippen LogP contribution in [0.2, 0.25) is 0 Å². The molecule has 0 saturated heterocycles. The Labute approximate surface area is 803 Å². The molecule has 0 spiro atoms. The van der Waals surface area contributed by atoms with Gasteiger partial charge in [-0.3, -0.25) is 0 Å². The lowest BCUT2D eigenvalue weighted by Crippen LogP contribution is -2.32. The fraction of sp³-hybridized carbons (Fsp3) is 0.322. The van der Waals surface area contributed by atoms with Crippen molar-refractivity contribution >= 4 is 110 Å². The van der Waals surface area contributed by atoms with Crippen molar-refractivity contribution in [1.29, 1.82) is 0 Å². The first-order valence-corrected chi connectivity index (χ1v) is 45.8. The van der Waals surface area contributed by atoms with Gasteiger partial charge in [-0.1, -0.05) is 130 Å². The van der Waals surface area contributed by atoms with Gasteiger partial charge in [0.2, 0.25) is 57.0 Å². The van der Waals surface area contributed by atoms with Gasteiger partial charge in [-0.2, -0.15) is 0 Å². The third kappa shape index (κ3) is 18.8. The van der Waals surface area contributed by atoms with Crippen LogP contribution in [0.3, 0.4) is 0 Å². The van der Waals surface area contributed by atoms with Crippen LogP contribution in [0.15, 0.2) is 217 Å². The molecule has 15 nitrogen and oxygen atoms in total. The van der Waals surface area contributed by atoms with Crippen molar-refractivity contribution < 1.29 is 64.1 Å². The van der Waals surface area contributed by atoms with E-state index in [-0.39, 0.29) is 17.0 Å². The van der Waals surface area contributed by atoms with Gasteiger partial charge >= 0.3 is 0 Å². The average Bonchev–Trinajstić information content (AvgIpc) is 1.69. The van der Waals surface area contributed by atoms with Crippen LogP contribution in [-0.2, 0) is 67.2 Å². The van der Waals surface area contributed by atoms with Crippen molar-refractivity contribution in [2.75, 3.05) is 0 Å². The van der Waals surface area contributed by atoms with Gasteiger partial charge in [0, 0.05) is 161 Å². The summed E-state index contributed by atoms with van der Waals surface area (Å²) in [5.74, 6) is -3.50. The van der Waals surface area contributed by atoms with Gasteiger partial charge < -0.3 is 22.1 Å². The first kappa shape index (κ1) is 76.2. The number of hydrogen-bond acceptors (Lipinski definition) is 10. The van der Waals surface area contributed by atoms with Gasteiger partial charge in [0.1, 0.15) is 35.2 Å². The maximum atomic E-state index is 8.58. The fourth-order valence-corrected chi connectivity index (χ4v) is 18.5. The third-order valence-corrected chi connectivity index (χ3v) is 25.1. The molecule has 2 unspecified atom stereocenters. The molecular formula is C118H131N10O5+5. The molecule has 0 aliphatic carbocycles. The molecule has 15 aromatic heterocycles. The topological polar surface area (TPSA) is 150 Å². The third-order valence-electron chi connectivity index (χ3n) is 25.1. The maximum absolute atomic E-state index is 8.58. The molecular weight excluding hydrogens is 1640 g/mol. The molecule has 133 heavy (non-hydrogen) atoms. The lowest BCUT2D eigenvalue weighted by molar-refractivity contribution is -0.661.